The van der Waals surface area contributed by atoms with Crippen LogP contribution in [0.4, 0.5) is 17.1 Å². The van der Waals surface area contributed by atoms with E-state index in [4.69, 9.17) is 0 Å². The fraction of sp³-hybridized carbons (Fsp3) is 0.500. The maximum absolute atomic E-state index is 12.2. The third-order valence-electron chi connectivity index (χ3n) is 5.94. The molecule has 1 aromatic carbocycles. The van der Waals surface area contributed by atoms with Gasteiger partial charge in [0.25, 0.3) is 5.69 Å². The summed E-state index contributed by atoms with van der Waals surface area (Å²) in [5.74, 6) is 0.220. The van der Waals surface area contributed by atoms with E-state index in [0.717, 1.165) is 11.8 Å². The van der Waals surface area contributed by atoms with Crippen LogP contribution < -0.4 is 5.43 Å². The summed E-state index contributed by atoms with van der Waals surface area (Å²) in [7, 11) is 0. The molecule has 2 atom stereocenters. The highest BCUT2D eigenvalue weighted by atomic mass is 16.6. The van der Waals surface area contributed by atoms with E-state index in [9.17, 15) is 25.0 Å². The Morgan fingerprint density at radius 3 is 2.36 bits per heavy atom. The summed E-state index contributed by atoms with van der Waals surface area (Å²) in [6.45, 7) is 6.02. The second-order valence-corrected chi connectivity index (χ2v) is 7.34. The zero-order valence-electron chi connectivity index (χ0n) is 14.1. The molecule has 25 heavy (non-hydrogen) atoms. The van der Waals surface area contributed by atoms with Crippen LogP contribution in [0.2, 0.25) is 0 Å². The number of fused-ring (bicyclic) bond motifs is 2. The number of nitrogens with zero attached hydrogens (tertiary/aromatic N) is 3. The number of ketones is 1. The molecule has 0 radical (unpaired) electrons. The molecule has 2 saturated carbocycles. The highest BCUT2D eigenvalue weighted by molar-refractivity contribution is 6.06. The Balaban J connectivity index is 1.90. The van der Waals surface area contributed by atoms with E-state index >= 15 is 0 Å². The van der Waals surface area contributed by atoms with Gasteiger partial charge in [-0.25, -0.2) is 0 Å². The zero-order valence-corrected chi connectivity index (χ0v) is 14.1. The van der Waals surface area contributed by atoms with Gasteiger partial charge in [0.2, 0.25) is 0 Å². The van der Waals surface area contributed by atoms with Crippen LogP contribution in [0.3, 0.4) is 0 Å². The van der Waals surface area contributed by atoms with Gasteiger partial charge in [0.05, 0.1) is 15.9 Å². The largest absolute Gasteiger partial charge is 0.301 e. The molecule has 0 aliphatic heterocycles. The average Bonchev–Trinajstić information content (AvgIpc) is 2.83. The van der Waals surface area contributed by atoms with Gasteiger partial charge in [0.15, 0.2) is 0 Å². The second-order valence-electron chi connectivity index (χ2n) is 7.34. The molecule has 1 N–H and O–H groups in total. The normalized spacial score (nSPS) is 28.4. The molecule has 2 bridgehead atoms. The smallest absolute Gasteiger partial charge is 0.299 e. The third-order valence-corrected chi connectivity index (χ3v) is 5.94. The van der Waals surface area contributed by atoms with Gasteiger partial charge < -0.3 is 0 Å². The Labute approximate surface area is 143 Å². The lowest BCUT2D eigenvalue weighted by Crippen LogP contribution is -2.32. The first kappa shape index (κ1) is 17.0. The fourth-order valence-corrected chi connectivity index (χ4v) is 3.88. The molecule has 0 spiro atoms. The van der Waals surface area contributed by atoms with E-state index in [1.54, 1.807) is 0 Å². The predicted molar refractivity (Wildman–Crippen MR) is 90.4 cm³/mol. The number of Topliss-reactive ketones (excluding diaryl/α,β-unsaturated/α-hetero) is 1. The lowest BCUT2D eigenvalue weighted by atomic mass is 9.70. The summed E-state index contributed by atoms with van der Waals surface area (Å²) in [5, 5.41) is 26.3. The number of non-ortho nitro benzene ring substituents is 1. The lowest BCUT2D eigenvalue weighted by Gasteiger charge is -2.31. The van der Waals surface area contributed by atoms with E-state index in [-0.39, 0.29) is 28.5 Å². The molecule has 2 aliphatic carbocycles. The number of hydrazone groups is 1. The van der Waals surface area contributed by atoms with Crippen LogP contribution in [0.15, 0.2) is 23.3 Å². The molecule has 132 valence electrons. The van der Waals surface area contributed by atoms with Crippen LogP contribution in [0.25, 0.3) is 0 Å². The molecule has 1 aromatic rings. The summed E-state index contributed by atoms with van der Waals surface area (Å²) in [6, 6.07) is 3.36. The molecule has 2 aliphatic rings. The van der Waals surface area contributed by atoms with Crippen LogP contribution in [0.1, 0.15) is 33.6 Å². The quantitative estimate of drug-likeness (QED) is 0.658. The standard InChI is InChI=1S/C16H18N4O5/c1-15(2)10-7-14(21)16(15,3)8-12(10)18-17-11-5-4-9(19(22)23)6-13(11)20(24)25/h4-6,10,17H,7-8H2,1-3H3/b18-12-. The Bertz CT molecular complexity index is 832. The Morgan fingerprint density at radius 2 is 1.88 bits per heavy atom. The summed E-state index contributed by atoms with van der Waals surface area (Å²) < 4.78 is 0. The number of nitro benzene ring substituents is 2. The minimum absolute atomic E-state index is 0.00500. The molecule has 2 unspecified atom stereocenters. The maximum Gasteiger partial charge on any atom is 0.301 e. The number of carbonyl (C=O) groups excluding carboxylic acids is 1. The van der Waals surface area contributed by atoms with E-state index in [1.165, 1.54) is 12.1 Å². The summed E-state index contributed by atoms with van der Waals surface area (Å²) >= 11 is 0. The highest BCUT2D eigenvalue weighted by Crippen LogP contribution is 2.62. The van der Waals surface area contributed by atoms with Crippen LogP contribution >= 0.6 is 0 Å². The molecular weight excluding hydrogens is 328 g/mol. The number of nitrogens with one attached hydrogen (secondary N) is 1. The van der Waals surface area contributed by atoms with Gasteiger partial charge in [-0.3, -0.25) is 30.4 Å². The van der Waals surface area contributed by atoms with Crippen molar-refractivity contribution in [3.05, 3.63) is 38.4 Å². The van der Waals surface area contributed by atoms with Gasteiger partial charge in [-0.1, -0.05) is 20.8 Å². The van der Waals surface area contributed by atoms with Gasteiger partial charge in [-0.2, -0.15) is 5.10 Å². The third kappa shape index (κ3) is 2.38. The molecule has 0 aromatic heterocycles. The topological polar surface area (TPSA) is 128 Å². The van der Waals surface area contributed by atoms with Gasteiger partial charge in [-0.05, 0) is 11.5 Å². The van der Waals surface area contributed by atoms with Crippen molar-refractivity contribution in [2.75, 3.05) is 5.43 Å². The minimum atomic E-state index is -0.689. The van der Waals surface area contributed by atoms with Crippen molar-refractivity contribution in [1.82, 2.24) is 0 Å². The molecule has 0 heterocycles. The van der Waals surface area contributed by atoms with Gasteiger partial charge >= 0.3 is 5.69 Å². The van der Waals surface area contributed by atoms with Crippen LogP contribution in [0, 0.1) is 37.0 Å². The van der Waals surface area contributed by atoms with Crippen LogP contribution in [0.5, 0.6) is 0 Å². The van der Waals surface area contributed by atoms with Crippen LogP contribution in [-0.4, -0.2) is 21.3 Å². The fourth-order valence-electron chi connectivity index (χ4n) is 3.88. The number of nitro groups is 2. The first-order valence-electron chi connectivity index (χ1n) is 7.86. The maximum atomic E-state index is 12.2. The number of hydrogen-bond donors (Lipinski definition) is 1. The van der Waals surface area contributed by atoms with Gasteiger partial charge in [-0.15, -0.1) is 0 Å². The van der Waals surface area contributed by atoms with Crippen molar-refractivity contribution >= 4 is 28.6 Å². The minimum Gasteiger partial charge on any atom is -0.299 e. The summed E-state index contributed by atoms with van der Waals surface area (Å²) in [5.41, 5.74) is 2.10. The monoisotopic (exact) mass is 346 g/mol. The first-order chi connectivity index (χ1) is 11.6. The molecule has 0 saturated heterocycles. The van der Waals surface area contributed by atoms with Crippen molar-refractivity contribution < 1.29 is 14.6 Å². The summed E-state index contributed by atoms with van der Waals surface area (Å²) in [6.07, 6.45) is 0.934. The number of carbonyl (C=O) groups is 1. The number of anilines is 1. The lowest BCUT2D eigenvalue weighted by molar-refractivity contribution is -0.393. The number of rotatable bonds is 4. The van der Waals surface area contributed by atoms with Crippen LogP contribution in [-0.2, 0) is 4.79 Å². The molecule has 9 heteroatoms. The molecule has 0 amide bonds. The molecular formula is C16H18N4O5. The molecule has 2 fully saturated rings. The Morgan fingerprint density at radius 1 is 1.20 bits per heavy atom. The van der Waals surface area contributed by atoms with Crippen molar-refractivity contribution in [1.29, 1.82) is 0 Å². The second kappa shape index (κ2) is 5.33. The molecule has 3 rings (SSSR count). The zero-order chi connectivity index (χ0) is 18.6. The summed E-state index contributed by atoms with van der Waals surface area (Å²) in [4.78, 5) is 32.8. The molecule has 9 nitrogen and oxygen atoms in total. The van der Waals surface area contributed by atoms with Crippen molar-refractivity contribution in [2.24, 2.45) is 21.8 Å². The van der Waals surface area contributed by atoms with E-state index < -0.39 is 20.9 Å². The first-order valence-corrected chi connectivity index (χ1v) is 7.86. The van der Waals surface area contributed by atoms with Gasteiger partial charge in [0, 0.05) is 36.0 Å². The SMILES string of the molecule is CC12C/C(=N/Nc3ccc([N+](=O)[O-])cc3[N+](=O)[O-])C(CC1=O)C2(C)C. The van der Waals surface area contributed by atoms with E-state index in [0.29, 0.717) is 12.8 Å². The highest BCUT2D eigenvalue weighted by Gasteiger charge is 2.64. The Hall–Kier alpha value is -2.84. The number of benzene rings is 1. The Kier molecular flexibility index (Phi) is 3.63. The predicted octanol–water partition coefficient (Wildman–Crippen LogP) is 3.30. The number of hydrogen-bond acceptors (Lipinski definition) is 7. The van der Waals surface area contributed by atoms with Crippen molar-refractivity contribution in [3.8, 4) is 0 Å². The van der Waals surface area contributed by atoms with Crippen molar-refractivity contribution in [2.45, 2.75) is 33.6 Å². The van der Waals surface area contributed by atoms with Gasteiger partial charge in [0.1, 0.15) is 11.5 Å². The van der Waals surface area contributed by atoms with Crippen molar-refractivity contribution in [3.63, 3.8) is 0 Å². The average molecular weight is 346 g/mol. The van der Waals surface area contributed by atoms with E-state index in [2.05, 4.69) is 10.5 Å². The van der Waals surface area contributed by atoms with E-state index in [1.807, 2.05) is 20.8 Å².